The van der Waals surface area contributed by atoms with E-state index in [4.69, 9.17) is 4.74 Å². The van der Waals surface area contributed by atoms with Crippen LogP contribution in [0.25, 0.3) is 0 Å². The second-order valence-electron chi connectivity index (χ2n) is 4.67. The molecule has 1 unspecified atom stereocenters. The third kappa shape index (κ3) is 3.25. The van der Waals surface area contributed by atoms with Gasteiger partial charge in [-0.1, -0.05) is 28.1 Å². The molecular weight excluding hydrogens is 294 g/mol. The fraction of sp³-hybridized carbons (Fsp3) is 0.500. The molecule has 1 amide bonds. The first-order valence-corrected chi connectivity index (χ1v) is 7.31. The van der Waals surface area contributed by atoms with Crippen LogP contribution in [0.15, 0.2) is 24.3 Å². The number of halogens is 1. The lowest BCUT2D eigenvalue weighted by molar-refractivity contribution is -0.127. The summed E-state index contributed by atoms with van der Waals surface area (Å²) in [5.41, 5.74) is 1.21. The molecule has 1 aliphatic heterocycles. The number of hydrogen-bond donors (Lipinski definition) is 0. The molecular formula is C14H18BrNO2. The fourth-order valence-electron chi connectivity index (χ4n) is 2.27. The number of alkyl halides is 1. The van der Waals surface area contributed by atoms with E-state index >= 15 is 0 Å². The van der Waals surface area contributed by atoms with Crippen molar-refractivity contribution in [2.24, 2.45) is 5.92 Å². The molecule has 0 spiro atoms. The van der Waals surface area contributed by atoms with Crippen molar-refractivity contribution in [3.63, 3.8) is 0 Å². The van der Waals surface area contributed by atoms with Crippen LogP contribution in [0.4, 0.5) is 0 Å². The van der Waals surface area contributed by atoms with Crippen LogP contribution < -0.4 is 4.74 Å². The van der Waals surface area contributed by atoms with E-state index in [-0.39, 0.29) is 5.91 Å². The molecule has 2 rings (SSSR count). The van der Waals surface area contributed by atoms with Crippen LogP contribution in [0.5, 0.6) is 5.75 Å². The third-order valence-electron chi connectivity index (χ3n) is 3.32. The predicted molar refractivity (Wildman–Crippen MR) is 75.2 cm³/mol. The largest absolute Gasteiger partial charge is 0.497 e. The molecule has 0 aliphatic carbocycles. The quantitative estimate of drug-likeness (QED) is 0.782. The maximum absolute atomic E-state index is 11.8. The van der Waals surface area contributed by atoms with Gasteiger partial charge in [-0.25, -0.2) is 0 Å². The topological polar surface area (TPSA) is 29.5 Å². The van der Waals surface area contributed by atoms with Gasteiger partial charge in [0.05, 0.1) is 7.11 Å². The molecule has 98 valence electrons. The number of nitrogens with zero attached hydrogens (tertiary/aromatic N) is 1. The van der Waals surface area contributed by atoms with Gasteiger partial charge in [0.2, 0.25) is 5.91 Å². The second kappa shape index (κ2) is 6.23. The second-order valence-corrected chi connectivity index (χ2v) is 5.31. The van der Waals surface area contributed by atoms with Gasteiger partial charge in [-0.05, 0) is 30.0 Å². The summed E-state index contributed by atoms with van der Waals surface area (Å²) < 4.78 is 5.20. The minimum absolute atomic E-state index is 0.280. The van der Waals surface area contributed by atoms with E-state index in [0.717, 1.165) is 30.6 Å². The molecule has 1 heterocycles. The predicted octanol–water partition coefficient (Wildman–Crippen LogP) is 2.48. The standard InChI is InChI=1S/C14H18BrNO2/c1-18-13-4-2-3-11(7-13)5-6-16-10-12(9-15)8-14(16)17/h2-4,7,12H,5-6,8-10H2,1H3. The number of carbonyl (C=O) groups excluding carboxylic acids is 1. The summed E-state index contributed by atoms with van der Waals surface area (Å²) in [6.07, 6.45) is 1.57. The summed E-state index contributed by atoms with van der Waals surface area (Å²) in [6, 6.07) is 8.03. The number of hydrogen-bond acceptors (Lipinski definition) is 2. The Morgan fingerprint density at radius 3 is 3.00 bits per heavy atom. The van der Waals surface area contributed by atoms with Gasteiger partial charge in [0.1, 0.15) is 5.75 Å². The van der Waals surface area contributed by atoms with Crippen LogP contribution >= 0.6 is 15.9 Å². The van der Waals surface area contributed by atoms with E-state index in [1.165, 1.54) is 5.56 Å². The summed E-state index contributed by atoms with van der Waals surface area (Å²) in [5.74, 6) is 1.63. The van der Waals surface area contributed by atoms with Crippen molar-refractivity contribution in [1.82, 2.24) is 4.90 Å². The zero-order valence-corrected chi connectivity index (χ0v) is 12.1. The Bertz CT molecular complexity index is 422. The van der Waals surface area contributed by atoms with Crippen molar-refractivity contribution in [1.29, 1.82) is 0 Å². The zero-order chi connectivity index (χ0) is 13.0. The van der Waals surface area contributed by atoms with Crippen molar-refractivity contribution >= 4 is 21.8 Å². The van der Waals surface area contributed by atoms with Gasteiger partial charge in [0.15, 0.2) is 0 Å². The maximum Gasteiger partial charge on any atom is 0.222 e. The molecule has 1 aromatic carbocycles. The molecule has 0 aromatic heterocycles. The average Bonchev–Trinajstić information content (AvgIpc) is 2.77. The van der Waals surface area contributed by atoms with Crippen LogP contribution in [0.3, 0.4) is 0 Å². The number of ether oxygens (including phenoxy) is 1. The first-order chi connectivity index (χ1) is 8.72. The van der Waals surface area contributed by atoms with Crippen LogP contribution in [-0.2, 0) is 11.2 Å². The molecule has 0 bridgehead atoms. The number of likely N-dealkylation sites (tertiary alicyclic amines) is 1. The van der Waals surface area contributed by atoms with Crippen molar-refractivity contribution in [2.75, 3.05) is 25.5 Å². The SMILES string of the molecule is COc1cccc(CCN2CC(CBr)CC2=O)c1. The Morgan fingerprint density at radius 1 is 1.50 bits per heavy atom. The van der Waals surface area contributed by atoms with Crippen molar-refractivity contribution in [2.45, 2.75) is 12.8 Å². The normalized spacial score (nSPS) is 19.3. The van der Waals surface area contributed by atoms with Crippen LogP contribution in [0, 0.1) is 5.92 Å². The molecule has 18 heavy (non-hydrogen) atoms. The van der Waals surface area contributed by atoms with Gasteiger partial charge >= 0.3 is 0 Å². The Hall–Kier alpha value is -1.03. The monoisotopic (exact) mass is 311 g/mol. The summed E-state index contributed by atoms with van der Waals surface area (Å²) in [7, 11) is 1.67. The Kier molecular flexibility index (Phi) is 4.64. The lowest BCUT2D eigenvalue weighted by Gasteiger charge is -2.16. The van der Waals surface area contributed by atoms with Crippen LogP contribution in [-0.4, -0.2) is 36.3 Å². The summed E-state index contributed by atoms with van der Waals surface area (Å²) in [6.45, 7) is 1.68. The van der Waals surface area contributed by atoms with Gasteiger partial charge in [-0.15, -0.1) is 0 Å². The van der Waals surface area contributed by atoms with Gasteiger partial charge < -0.3 is 9.64 Å². The smallest absolute Gasteiger partial charge is 0.222 e. The molecule has 1 atom stereocenters. The third-order valence-corrected chi connectivity index (χ3v) is 4.23. The Balaban J connectivity index is 1.89. The molecule has 1 fully saturated rings. The fourth-order valence-corrected chi connectivity index (χ4v) is 2.70. The Morgan fingerprint density at radius 2 is 2.33 bits per heavy atom. The highest BCUT2D eigenvalue weighted by atomic mass is 79.9. The first-order valence-electron chi connectivity index (χ1n) is 6.19. The minimum atomic E-state index is 0.280. The van der Waals surface area contributed by atoms with Gasteiger partial charge in [-0.3, -0.25) is 4.79 Å². The molecule has 1 aliphatic rings. The highest BCUT2D eigenvalue weighted by molar-refractivity contribution is 9.09. The number of amides is 1. The molecule has 1 saturated heterocycles. The van der Waals surface area contributed by atoms with E-state index in [1.54, 1.807) is 7.11 Å². The molecule has 3 nitrogen and oxygen atoms in total. The lowest BCUT2D eigenvalue weighted by Crippen LogP contribution is -2.27. The van der Waals surface area contributed by atoms with Gasteiger partial charge in [0, 0.05) is 24.8 Å². The van der Waals surface area contributed by atoms with Gasteiger partial charge in [-0.2, -0.15) is 0 Å². The number of benzene rings is 1. The maximum atomic E-state index is 11.8. The van der Waals surface area contributed by atoms with Crippen molar-refractivity contribution in [3.8, 4) is 5.75 Å². The highest BCUT2D eigenvalue weighted by Crippen LogP contribution is 2.20. The number of carbonyl (C=O) groups is 1. The van der Waals surface area contributed by atoms with E-state index in [1.807, 2.05) is 23.1 Å². The molecule has 0 N–H and O–H groups in total. The number of methoxy groups -OCH3 is 1. The van der Waals surface area contributed by atoms with Crippen molar-refractivity contribution in [3.05, 3.63) is 29.8 Å². The zero-order valence-electron chi connectivity index (χ0n) is 10.6. The van der Waals surface area contributed by atoms with Crippen LogP contribution in [0.1, 0.15) is 12.0 Å². The van der Waals surface area contributed by atoms with Gasteiger partial charge in [0.25, 0.3) is 0 Å². The summed E-state index contributed by atoms with van der Waals surface area (Å²) >= 11 is 3.45. The highest BCUT2D eigenvalue weighted by Gasteiger charge is 2.28. The first kappa shape index (κ1) is 13.4. The van der Waals surface area contributed by atoms with Crippen molar-refractivity contribution < 1.29 is 9.53 Å². The van der Waals surface area contributed by atoms with Crippen LogP contribution in [0.2, 0.25) is 0 Å². The minimum Gasteiger partial charge on any atom is -0.497 e. The lowest BCUT2D eigenvalue weighted by atomic mass is 10.1. The summed E-state index contributed by atoms with van der Waals surface area (Å²) in [4.78, 5) is 13.7. The molecule has 0 radical (unpaired) electrons. The molecule has 4 heteroatoms. The molecule has 0 saturated carbocycles. The molecule has 1 aromatic rings. The van der Waals surface area contributed by atoms with E-state index < -0.39 is 0 Å². The summed E-state index contributed by atoms with van der Waals surface area (Å²) in [5, 5.41) is 0.911. The van der Waals surface area contributed by atoms with E-state index in [0.29, 0.717) is 12.3 Å². The van der Waals surface area contributed by atoms with E-state index in [2.05, 4.69) is 22.0 Å². The Labute approximate surface area is 116 Å². The number of rotatable bonds is 5. The van der Waals surface area contributed by atoms with E-state index in [9.17, 15) is 4.79 Å². The average molecular weight is 312 g/mol.